The van der Waals surface area contributed by atoms with Gasteiger partial charge in [0.1, 0.15) is 0 Å². The molecule has 3 rings (SSSR count). The SMILES string of the molecule is CC(C)n1cnc2cc(CNC(=O)C3CSCN3)ccc21. The smallest absolute Gasteiger partial charge is 0.238 e. The summed E-state index contributed by atoms with van der Waals surface area (Å²) in [5.41, 5.74) is 3.19. The van der Waals surface area contributed by atoms with Crippen molar-refractivity contribution in [3.05, 3.63) is 30.1 Å². The molecule has 1 unspecified atom stereocenters. The first kappa shape index (κ1) is 14.4. The lowest BCUT2D eigenvalue weighted by molar-refractivity contribution is -0.122. The van der Waals surface area contributed by atoms with Gasteiger partial charge in [-0.05, 0) is 31.5 Å². The van der Waals surface area contributed by atoms with Gasteiger partial charge in [0.2, 0.25) is 5.91 Å². The number of hydrogen-bond acceptors (Lipinski definition) is 4. The van der Waals surface area contributed by atoms with E-state index in [4.69, 9.17) is 0 Å². The molecular weight excluding hydrogens is 284 g/mol. The minimum absolute atomic E-state index is 0.0566. The van der Waals surface area contributed by atoms with E-state index >= 15 is 0 Å². The monoisotopic (exact) mass is 304 g/mol. The molecule has 2 N–H and O–H groups in total. The second-order valence-electron chi connectivity index (χ2n) is 5.56. The van der Waals surface area contributed by atoms with Crippen LogP contribution in [0.15, 0.2) is 24.5 Å². The van der Waals surface area contributed by atoms with Gasteiger partial charge in [0.15, 0.2) is 0 Å². The van der Waals surface area contributed by atoms with E-state index in [0.29, 0.717) is 12.6 Å². The number of benzene rings is 1. The number of rotatable bonds is 4. The molecule has 0 aliphatic carbocycles. The summed E-state index contributed by atoms with van der Waals surface area (Å²) in [6, 6.07) is 6.52. The van der Waals surface area contributed by atoms with Gasteiger partial charge in [0.05, 0.1) is 23.4 Å². The van der Waals surface area contributed by atoms with E-state index in [0.717, 1.165) is 28.2 Å². The minimum Gasteiger partial charge on any atom is -0.351 e. The second kappa shape index (κ2) is 6.07. The van der Waals surface area contributed by atoms with E-state index in [1.807, 2.05) is 12.4 Å². The molecule has 1 amide bonds. The molecule has 6 heteroatoms. The van der Waals surface area contributed by atoms with Crippen molar-refractivity contribution >= 4 is 28.7 Å². The highest BCUT2D eigenvalue weighted by Gasteiger charge is 2.21. The molecule has 2 aromatic rings. The molecule has 1 aliphatic rings. The Kier molecular flexibility index (Phi) is 4.17. The third-order valence-corrected chi connectivity index (χ3v) is 4.63. The molecule has 2 heterocycles. The van der Waals surface area contributed by atoms with Crippen molar-refractivity contribution in [1.29, 1.82) is 0 Å². The van der Waals surface area contributed by atoms with Crippen molar-refractivity contribution in [2.45, 2.75) is 32.5 Å². The van der Waals surface area contributed by atoms with E-state index in [2.05, 4.69) is 46.2 Å². The van der Waals surface area contributed by atoms with Crippen molar-refractivity contribution in [2.75, 3.05) is 11.6 Å². The topological polar surface area (TPSA) is 59.0 Å². The van der Waals surface area contributed by atoms with Crippen molar-refractivity contribution < 1.29 is 4.79 Å². The van der Waals surface area contributed by atoms with Crippen LogP contribution in [0, 0.1) is 0 Å². The largest absolute Gasteiger partial charge is 0.351 e. The zero-order chi connectivity index (χ0) is 14.8. The van der Waals surface area contributed by atoms with Crippen LogP contribution in [-0.2, 0) is 11.3 Å². The van der Waals surface area contributed by atoms with Crippen LogP contribution in [0.4, 0.5) is 0 Å². The fraction of sp³-hybridized carbons (Fsp3) is 0.467. The highest BCUT2D eigenvalue weighted by molar-refractivity contribution is 7.99. The summed E-state index contributed by atoms with van der Waals surface area (Å²) in [6.07, 6.45) is 1.87. The molecule has 112 valence electrons. The maximum absolute atomic E-state index is 12.0. The molecule has 1 aliphatic heterocycles. The number of carbonyl (C=O) groups is 1. The molecule has 1 aromatic carbocycles. The van der Waals surface area contributed by atoms with Crippen LogP contribution in [0.2, 0.25) is 0 Å². The van der Waals surface area contributed by atoms with Gasteiger partial charge in [-0.2, -0.15) is 0 Å². The normalized spacial score (nSPS) is 18.5. The number of carbonyl (C=O) groups excluding carboxylic acids is 1. The quantitative estimate of drug-likeness (QED) is 0.906. The predicted molar refractivity (Wildman–Crippen MR) is 86.2 cm³/mol. The Morgan fingerprint density at radius 2 is 2.43 bits per heavy atom. The molecule has 1 atom stereocenters. The van der Waals surface area contributed by atoms with Gasteiger partial charge in [0.25, 0.3) is 0 Å². The Hall–Kier alpha value is -1.53. The lowest BCUT2D eigenvalue weighted by Crippen LogP contribution is -2.41. The maximum Gasteiger partial charge on any atom is 0.238 e. The predicted octanol–water partition coefficient (Wildman–Crippen LogP) is 1.90. The number of nitrogens with one attached hydrogen (secondary N) is 2. The van der Waals surface area contributed by atoms with Crippen molar-refractivity contribution in [3.63, 3.8) is 0 Å². The van der Waals surface area contributed by atoms with E-state index in [-0.39, 0.29) is 11.9 Å². The Morgan fingerprint density at radius 1 is 1.57 bits per heavy atom. The highest BCUT2D eigenvalue weighted by Crippen LogP contribution is 2.18. The molecular formula is C15H20N4OS. The summed E-state index contributed by atoms with van der Waals surface area (Å²) >= 11 is 1.75. The summed E-state index contributed by atoms with van der Waals surface area (Å²) in [5, 5.41) is 6.16. The number of nitrogens with zero attached hydrogens (tertiary/aromatic N) is 2. The molecule has 1 fully saturated rings. The lowest BCUT2D eigenvalue weighted by Gasteiger charge is -2.11. The van der Waals surface area contributed by atoms with E-state index < -0.39 is 0 Å². The van der Waals surface area contributed by atoms with Gasteiger partial charge in [-0.3, -0.25) is 10.1 Å². The average molecular weight is 304 g/mol. The van der Waals surface area contributed by atoms with Crippen LogP contribution in [0.1, 0.15) is 25.5 Å². The van der Waals surface area contributed by atoms with Gasteiger partial charge in [-0.25, -0.2) is 4.98 Å². The Balaban J connectivity index is 1.68. The van der Waals surface area contributed by atoms with Crippen molar-refractivity contribution in [3.8, 4) is 0 Å². The number of thioether (sulfide) groups is 1. The fourth-order valence-corrected chi connectivity index (χ4v) is 3.42. The van der Waals surface area contributed by atoms with Crippen LogP contribution in [0.25, 0.3) is 11.0 Å². The second-order valence-corrected chi connectivity index (χ2v) is 6.59. The molecule has 1 saturated heterocycles. The first-order valence-electron chi connectivity index (χ1n) is 7.19. The number of hydrogen-bond donors (Lipinski definition) is 2. The van der Waals surface area contributed by atoms with Gasteiger partial charge in [-0.15, -0.1) is 11.8 Å². The molecule has 0 spiro atoms. The summed E-state index contributed by atoms with van der Waals surface area (Å²) in [6.45, 7) is 4.83. The van der Waals surface area contributed by atoms with Gasteiger partial charge >= 0.3 is 0 Å². The zero-order valence-electron chi connectivity index (χ0n) is 12.3. The Bertz CT molecular complexity index is 646. The van der Waals surface area contributed by atoms with Crippen LogP contribution in [0.3, 0.4) is 0 Å². The number of aromatic nitrogens is 2. The fourth-order valence-electron chi connectivity index (χ4n) is 2.47. The molecule has 0 radical (unpaired) electrons. The Labute approximate surface area is 128 Å². The minimum atomic E-state index is -0.0566. The van der Waals surface area contributed by atoms with Crippen LogP contribution < -0.4 is 10.6 Å². The third-order valence-electron chi connectivity index (χ3n) is 3.70. The molecule has 21 heavy (non-hydrogen) atoms. The number of fused-ring (bicyclic) bond motifs is 1. The van der Waals surface area contributed by atoms with Gasteiger partial charge in [0, 0.05) is 24.2 Å². The van der Waals surface area contributed by atoms with Gasteiger partial charge < -0.3 is 9.88 Å². The summed E-state index contributed by atoms with van der Waals surface area (Å²) in [4.78, 5) is 16.4. The maximum atomic E-state index is 12.0. The average Bonchev–Trinajstić information content (AvgIpc) is 3.13. The first-order chi connectivity index (χ1) is 10.1. The zero-order valence-corrected chi connectivity index (χ0v) is 13.1. The lowest BCUT2D eigenvalue weighted by atomic mass is 10.2. The summed E-state index contributed by atoms with van der Waals surface area (Å²) in [5.74, 6) is 1.79. The number of imidazole rings is 1. The van der Waals surface area contributed by atoms with E-state index in [1.54, 1.807) is 11.8 Å². The molecule has 1 aromatic heterocycles. The standard InChI is InChI=1S/C15H20N4OS/c1-10(2)19-8-17-12-5-11(3-4-14(12)19)6-16-15(20)13-7-21-9-18-13/h3-5,8,10,13,18H,6-7,9H2,1-2H3,(H,16,20). The van der Waals surface area contributed by atoms with Crippen molar-refractivity contribution in [2.24, 2.45) is 0 Å². The van der Waals surface area contributed by atoms with Crippen molar-refractivity contribution in [1.82, 2.24) is 20.2 Å². The van der Waals surface area contributed by atoms with E-state index in [1.165, 1.54) is 0 Å². The molecule has 0 bridgehead atoms. The first-order valence-corrected chi connectivity index (χ1v) is 8.35. The molecule has 0 saturated carbocycles. The van der Waals surface area contributed by atoms with Crippen LogP contribution in [-0.4, -0.2) is 33.1 Å². The van der Waals surface area contributed by atoms with Crippen LogP contribution >= 0.6 is 11.8 Å². The third kappa shape index (κ3) is 3.06. The van der Waals surface area contributed by atoms with E-state index in [9.17, 15) is 4.79 Å². The molecule has 5 nitrogen and oxygen atoms in total. The number of amides is 1. The summed E-state index contributed by atoms with van der Waals surface area (Å²) in [7, 11) is 0. The van der Waals surface area contributed by atoms with Crippen LogP contribution in [0.5, 0.6) is 0 Å². The van der Waals surface area contributed by atoms with Gasteiger partial charge in [-0.1, -0.05) is 6.07 Å². The summed E-state index contributed by atoms with van der Waals surface area (Å²) < 4.78 is 2.15. The highest BCUT2D eigenvalue weighted by atomic mass is 32.2. The Morgan fingerprint density at radius 3 is 3.14 bits per heavy atom.